The highest BCUT2D eigenvalue weighted by Crippen LogP contribution is 2.23. The van der Waals surface area contributed by atoms with Gasteiger partial charge >= 0.3 is 0 Å². The second kappa shape index (κ2) is 6.23. The molecule has 0 radical (unpaired) electrons. The molecule has 15 heavy (non-hydrogen) atoms. The molecule has 0 aromatic heterocycles. The number of nitrogens with two attached hydrogens (primary N) is 1. The largest absolute Gasteiger partial charge is 0.342 e. The molecule has 5 heteroatoms. The van der Waals surface area contributed by atoms with E-state index in [-0.39, 0.29) is 0 Å². The molecule has 0 saturated heterocycles. The Hall–Kier alpha value is -0.420. The minimum absolute atomic E-state index is 0.478. The van der Waals surface area contributed by atoms with Crippen molar-refractivity contribution in [1.82, 2.24) is 10.3 Å². The Balaban J connectivity index is 2.43. The van der Waals surface area contributed by atoms with E-state index in [1.807, 2.05) is 18.8 Å². The van der Waals surface area contributed by atoms with E-state index in [1.165, 1.54) is 18.6 Å². The first-order valence-electron chi connectivity index (χ1n) is 5.45. The minimum Gasteiger partial charge on any atom is -0.342 e. The van der Waals surface area contributed by atoms with Crippen LogP contribution in [-0.4, -0.2) is 42.0 Å². The smallest absolute Gasteiger partial charge is 0.208 e. The number of thioether (sulfide) groups is 1. The lowest BCUT2D eigenvalue weighted by atomic mass is 10.2. The summed E-state index contributed by atoms with van der Waals surface area (Å²) in [7, 11) is 2.05. The summed E-state index contributed by atoms with van der Waals surface area (Å²) >= 11 is 1.87. The number of rotatable bonds is 5. The van der Waals surface area contributed by atoms with Gasteiger partial charge in [-0.2, -0.15) is 11.8 Å². The fraction of sp³-hybridized carbons (Fsp3) is 0.900. The number of aliphatic imine (C=N–C) groups is 1. The minimum atomic E-state index is 0.478. The van der Waals surface area contributed by atoms with Crippen molar-refractivity contribution >= 4 is 17.7 Å². The van der Waals surface area contributed by atoms with Gasteiger partial charge in [-0.25, -0.2) is 10.8 Å². The van der Waals surface area contributed by atoms with Crippen molar-refractivity contribution in [3.05, 3.63) is 0 Å². The maximum Gasteiger partial charge on any atom is 0.208 e. The van der Waals surface area contributed by atoms with Gasteiger partial charge in [0, 0.05) is 13.1 Å². The Bertz CT molecular complexity index is 215. The van der Waals surface area contributed by atoms with Crippen molar-refractivity contribution < 1.29 is 0 Å². The third-order valence-electron chi connectivity index (χ3n) is 2.72. The van der Waals surface area contributed by atoms with Gasteiger partial charge in [-0.1, -0.05) is 0 Å². The van der Waals surface area contributed by atoms with E-state index in [9.17, 15) is 0 Å². The van der Waals surface area contributed by atoms with Crippen LogP contribution in [-0.2, 0) is 0 Å². The van der Waals surface area contributed by atoms with Crippen molar-refractivity contribution in [3.63, 3.8) is 0 Å². The van der Waals surface area contributed by atoms with Gasteiger partial charge in [0.05, 0.1) is 6.04 Å². The quantitative estimate of drug-likeness (QED) is 0.321. The number of nitrogens with zero attached hydrogens (tertiary/aromatic N) is 2. The highest BCUT2D eigenvalue weighted by Gasteiger charge is 2.23. The molecular weight excluding hydrogens is 208 g/mol. The van der Waals surface area contributed by atoms with Crippen LogP contribution in [0, 0.1) is 0 Å². The van der Waals surface area contributed by atoms with Gasteiger partial charge in [0.25, 0.3) is 0 Å². The first kappa shape index (κ1) is 12.6. The molecule has 1 atom stereocenters. The lowest BCUT2D eigenvalue weighted by Gasteiger charge is -2.27. The first-order chi connectivity index (χ1) is 7.19. The van der Waals surface area contributed by atoms with Crippen molar-refractivity contribution in [2.24, 2.45) is 10.8 Å². The molecule has 1 aliphatic carbocycles. The Morgan fingerprint density at radius 2 is 2.33 bits per heavy atom. The van der Waals surface area contributed by atoms with Gasteiger partial charge in [0.2, 0.25) is 5.96 Å². The van der Waals surface area contributed by atoms with Gasteiger partial charge in [0.1, 0.15) is 0 Å². The van der Waals surface area contributed by atoms with Gasteiger partial charge in [-0.3, -0.25) is 5.43 Å². The zero-order valence-corrected chi connectivity index (χ0v) is 10.7. The van der Waals surface area contributed by atoms with Crippen LogP contribution >= 0.6 is 11.8 Å². The summed E-state index contributed by atoms with van der Waals surface area (Å²) in [6.45, 7) is 2.20. The molecule has 0 aromatic carbocycles. The predicted octanol–water partition coefficient (Wildman–Crippen LogP) is 1.04. The maximum atomic E-state index is 5.49. The van der Waals surface area contributed by atoms with Crippen molar-refractivity contribution in [1.29, 1.82) is 0 Å². The Morgan fingerprint density at radius 3 is 2.80 bits per heavy atom. The number of hydrogen-bond donors (Lipinski definition) is 2. The van der Waals surface area contributed by atoms with Crippen LogP contribution in [0.2, 0.25) is 0 Å². The molecule has 1 fully saturated rings. The topological polar surface area (TPSA) is 53.6 Å². The van der Waals surface area contributed by atoms with Crippen LogP contribution in [0.1, 0.15) is 26.2 Å². The van der Waals surface area contributed by atoms with Gasteiger partial charge in [-0.15, -0.1) is 0 Å². The predicted molar refractivity (Wildman–Crippen MR) is 68.0 cm³/mol. The number of hydrazine groups is 1. The van der Waals surface area contributed by atoms with Crippen molar-refractivity contribution in [2.75, 3.05) is 19.1 Å². The molecular formula is C10H22N4S. The summed E-state index contributed by atoms with van der Waals surface area (Å²) < 4.78 is 0. The van der Waals surface area contributed by atoms with Crippen LogP contribution in [0.4, 0.5) is 0 Å². The molecule has 0 heterocycles. The average Bonchev–Trinajstić information content (AvgIpc) is 3.05. The summed E-state index contributed by atoms with van der Waals surface area (Å²) in [5.74, 6) is 7.49. The standard InChI is InChI=1S/C10H22N4S/c1-8(6-7-15-3)14(2)10(13-11)12-9-4-5-9/h8-9H,4-7,11H2,1-3H3,(H,12,13). The number of guanidine groups is 1. The fourth-order valence-corrected chi connectivity index (χ4v) is 1.87. The van der Waals surface area contributed by atoms with E-state index in [4.69, 9.17) is 5.84 Å². The van der Waals surface area contributed by atoms with Crippen molar-refractivity contribution in [2.45, 2.75) is 38.3 Å². The van der Waals surface area contributed by atoms with Gasteiger partial charge in [0.15, 0.2) is 0 Å². The fourth-order valence-electron chi connectivity index (χ4n) is 1.30. The molecule has 1 saturated carbocycles. The van der Waals surface area contributed by atoms with Crippen LogP contribution in [0.25, 0.3) is 0 Å². The van der Waals surface area contributed by atoms with Crippen molar-refractivity contribution in [3.8, 4) is 0 Å². The highest BCUT2D eigenvalue weighted by molar-refractivity contribution is 7.98. The van der Waals surface area contributed by atoms with E-state index in [0.717, 1.165) is 12.4 Å². The van der Waals surface area contributed by atoms with Crippen LogP contribution in [0.3, 0.4) is 0 Å². The molecule has 0 spiro atoms. The molecule has 0 amide bonds. The molecule has 88 valence electrons. The zero-order chi connectivity index (χ0) is 11.3. The average molecular weight is 230 g/mol. The molecule has 1 unspecified atom stereocenters. The molecule has 0 aliphatic heterocycles. The van der Waals surface area contributed by atoms with E-state index < -0.39 is 0 Å². The van der Waals surface area contributed by atoms with Crippen LogP contribution in [0.15, 0.2) is 4.99 Å². The van der Waals surface area contributed by atoms with E-state index in [1.54, 1.807) is 0 Å². The number of hydrogen-bond acceptors (Lipinski definition) is 3. The lowest BCUT2D eigenvalue weighted by Crippen LogP contribution is -2.47. The molecule has 3 N–H and O–H groups in total. The first-order valence-corrected chi connectivity index (χ1v) is 6.84. The second-order valence-electron chi connectivity index (χ2n) is 4.07. The Kier molecular flexibility index (Phi) is 5.25. The monoisotopic (exact) mass is 230 g/mol. The molecule has 0 aromatic rings. The SMILES string of the molecule is CSCCC(C)N(C)C(=NC1CC1)NN. The van der Waals surface area contributed by atoms with Gasteiger partial charge < -0.3 is 4.90 Å². The molecule has 1 rings (SSSR count). The zero-order valence-electron chi connectivity index (χ0n) is 9.86. The summed E-state index contributed by atoms with van der Waals surface area (Å²) in [5.41, 5.74) is 2.70. The van der Waals surface area contributed by atoms with E-state index in [0.29, 0.717) is 12.1 Å². The van der Waals surface area contributed by atoms with Crippen LogP contribution < -0.4 is 11.3 Å². The Labute approximate surface area is 96.7 Å². The van der Waals surface area contributed by atoms with Crippen LogP contribution in [0.5, 0.6) is 0 Å². The number of nitrogens with one attached hydrogen (secondary N) is 1. The summed E-state index contributed by atoms with van der Waals surface area (Å²) in [6.07, 6.45) is 5.70. The maximum absolute atomic E-state index is 5.49. The second-order valence-corrected chi connectivity index (χ2v) is 5.06. The van der Waals surface area contributed by atoms with Gasteiger partial charge in [-0.05, 0) is 38.2 Å². The normalized spacial score (nSPS) is 18.8. The third-order valence-corrected chi connectivity index (χ3v) is 3.36. The van der Waals surface area contributed by atoms with E-state index in [2.05, 4.69) is 28.5 Å². The Morgan fingerprint density at radius 1 is 1.67 bits per heavy atom. The highest BCUT2D eigenvalue weighted by atomic mass is 32.2. The summed E-state index contributed by atoms with van der Waals surface area (Å²) in [4.78, 5) is 6.67. The molecule has 0 bridgehead atoms. The lowest BCUT2D eigenvalue weighted by molar-refractivity contribution is 0.369. The molecule has 1 aliphatic rings. The summed E-state index contributed by atoms with van der Waals surface area (Å²) in [6, 6.07) is 0.984. The third kappa shape index (κ3) is 4.30. The summed E-state index contributed by atoms with van der Waals surface area (Å²) in [5, 5.41) is 0. The molecule has 4 nitrogen and oxygen atoms in total. The van der Waals surface area contributed by atoms with E-state index >= 15 is 0 Å².